The minimum Gasteiger partial charge on any atom is -0.472 e. The van der Waals surface area contributed by atoms with E-state index in [1.54, 1.807) is 17.3 Å². The van der Waals surface area contributed by atoms with Gasteiger partial charge in [0.1, 0.15) is 11.9 Å². The van der Waals surface area contributed by atoms with Gasteiger partial charge in [0, 0.05) is 44.6 Å². The van der Waals surface area contributed by atoms with E-state index in [9.17, 15) is 18.0 Å². The van der Waals surface area contributed by atoms with Crippen LogP contribution in [0.25, 0.3) is 0 Å². The van der Waals surface area contributed by atoms with Crippen molar-refractivity contribution in [1.29, 1.82) is 0 Å². The van der Waals surface area contributed by atoms with Crippen molar-refractivity contribution in [2.24, 2.45) is 0 Å². The van der Waals surface area contributed by atoms with Gasteiger partial charge in [-0.25, -0.2) is 9.78 Å². The van der Waals surface area contributed by atoms with Crippen molar-refractivity contribution in [2.75, 3.05) is 26.2 Å². The number of nitrogens with zero attached hydrogens (tertiary/aromatic N) is 4. The number of hydrogen-bond acceptors (Lipinski definition) is 6. The summed E-state index contributed by atoms with van der Waals surface area (Å²) in [5.74, 6) is 1.15. The summed E-state index contributed by atoms with van der Waals surface area (Å²) in [5, 5.41) is 0. The van der Waals surface area contributed by atoms with E-state index in [2.05, 4.69) is 14.9 Å². The van der Waals surface area contributed by atoms with Gasteiger partial charge in [-0.2, -0.15) is 13.2 Å². The molecule has 1 amide bonds. The van der Waals surface area contributed by atoms with E-state index in [0.717, 1.165) is 42.9 Å². The molecule has 10 heteroatoms. The number of alkyl halides is 3. The first-order valence-electron chi connectivity index (χ1n) is 10.7. The molecule has 5 rings (SSSR count). The molecule has 0 bridgehead atoms. The fourth-order valence-electron chi connectivity index (χ4n) is 4.27. The Kier molecular flexibility index (Phi) is 5.40. The predicted molar refractivity (Wildman–Crippen MR) is 107 cm³/mol. The molecule has 7 nitrogen and oxygen atoms in total. The second-order valence-electron chi connectivity index (χ2n) is 8.51. The van der Waals surface area contributed by atoms with Crippen molar-refractivity contribution >= 4 is 6.09 Å². The number of hydrogen-bond donors (Lipinski definition) is 0. The number of carbonyl (C=O) groups is 1. The third kappa shape index (κ3) is 4.64. The van der Waals surface area contributed by atoms with Gasteiger partial charge in [-0.05, 0) is 37.1 Å². The van der Waals surface area contributed by atoms with Crippen LogP contribution in [-0.2, 0) is 6.18 Å². The SMILES string of the molecule is O=C(Oc1ccc(C(F)(F)F)cc1)N1CCN2C[C@H](Oc3cnc(C4CC4)cn3)C[C@H]2C1. The molecule has 0 radical (unpaired) electrons. The molecular weight excluding hydrogens is 425 g/mol. The number of halogens is 3. The van der Waals surface area contributed by atoms with E-state index in [-0.39, 0.29) is 17.9 Å². The smallest absolute Gasteiger partial charge is 0.416 e. The van der Waals surface area contributed by atoms with Crippen LogP contribution in [0.1, 0.15) is 36.4 Å². The lowest BCUT2D eigenvalue weighted by Gasteiger charge is -2.36. The number of aromatic nitrogens is 2. The van der Waals surface area contributed by atoms with Crippen molar-refractivity contribution in [2.45, 2.75) is 43.5 Å². The minimum atomic E-state index is -4.43. The second kappa shape index (κ2) is 8.23. The van der Waals surface area contributed by atoms with Crippen LogP contribution in [0.2, 0.25) is 0 Å². The molecule has 0 N–H and O–H groups in total. The molecule has 2 aliphatic heterocycles. The lowest BCUT2D eigenvalue weighted by Crippen LogP contribution is -2.52. The fraction of sp³-hybridized carbons (Fsp3) is 0.500. The quantitative estimate of drug-likeness (QED) is 0.711. The molecule has 32 heavy (non-hydrogen) atoms. The first-order chi connectivity index (χ1) is 15.3. The number of carbonyl (C=O) groups excluding carboxylic acids is 1. The topological polar surface area (TPSA) is 67.8 Å². The molecule has 3 fully saturated rings. The fourth-order valence-corrected chi connectivity index (χ4v) is 4.27. The lowest BCUT2D eigenvalue weighted by molar-refractivity contribution is -0.137. The highest BCUT2D eigenvalue weighted by molar-refractivity contribution is 5.71. The highest BCUT2D eigenvalue weighted by Gasteiger charge is 2.39. The van der Waals surface area contributed by atoms with Crippen molar-refractivity contribution in [3.63, 3.8) is 0 Å². The van der Waals surface area contributed by atoms with E-state index in [0.29, 0.717) is 31.4 Å². The molecule has 0 spiro atoms. The standard InChI is InChI=1S/C22H23F3N4O3/c23-22(24,25)15-3-5-17(6-4-15)32-21(30)29-8-7-28-13-18(9-16(28)12-29)31-20-11-26-19(10-27-20)14-1-2-14/h3-6,10-11,14,16,18H,1-2,7-9,12-13H2/t16-,18+/m0/s1. The number of rotatable bonds is 4. The molecule has 2 atom stereocenters. The van der Waals surface area contributed by atoms with E-state index in [4.69, 9.17) is 9.47 Å². The molecule has 1 aromatic carbocycles. The second-order valence-corrected chi connectivity index (χ2v) is 8.51. The van der Waals surface area contributed by atoms with Crippen molar-refractivity contribution in [3.8, 4) is 11.6 Å². The maximum absolute atomic E-state index is 12.7. The zero-order chi connectivity index (χ0) is 22.3. The number of ether oxygens (including phenoxy) is 2. The predicted octanol–water partition coefficient (Wildman–Crippen LogP) is 3.71. The summed E-state index contributed by atoms with van der Waals surface area (Å²) in [7, 11) is 0. The number of fused-ring (bicyclic) bond motifs is 1. The summed E-state index contributed by atoms with van der Waals surface area (Å²) >= 11 is 0. The summed E-state index contributed by atoms with van der Waals surface area (Å²) in [4.78, 5) is 25.2. The Labute approximate surface area is 183 Å². The van der Waals surface area contributed by atoms with Crippen LogP contribution in [0.4, 0.5) is 18.0 Å². The van der Waals surface area contributed by atoms with Gasteiger partial charge in [-0.15, -0.1) is 0 Å². The molecule has 1 aromatic heterocycles. The van der Waals surface area contributed by atoms with Gasteiger partial charge < -0.3 is 14.4 Å². The van der Waals surface area contributed by atoms with Gasteiger partial charge in [0.25, 0.3) is 0 Å². The summed E-state index contributed by atoms with van der Waals surface area (Å²) in [5.41, 5.74) is 0.234. The Balaban J connectivity index is 1.13. The first kappa shape index (κ1) is 21.0. The van der Waals surface area contributed by atoms with E-state index < -0.39 is 17.8 Å². The molecule has 0 unspecified atom stereocenters. The Hall–Kier alpha value is -2.88. The Bertz CT molecular complexity index is 964. The molecule has 1 saturated carbocycles. The normalized spacial score (nSPS) is 23.7. The van der Waals surface area contributed by atoms with Crippen LogP contribution in [0.15, 0.2) is 36.7 Å². The summed E-state index contributed by atoms with van der Waals surface area (Å²) in [6.07, 6.45) is 1.54. The average Bonchev–Trinajstić information content (AvgIpc) is 3.53. The van der Waals surface area contributed by atoms with Crippen LogP contribution in [0.5, 0.6) is 11.6 Å². The number of benzene rings is 1. The number of piperazine rings is 1. The van der Waals surface area contributed by atoms with Crippen molar-refractivity contribution in [1.82, 2.24) is 19.8 Å². The first-order valence-corrected chi connectivity index (χ1v) is 10.7. The third-order valence-electron chi connectivity index (χ3n) is 6.15. The van der Waals surface area contributed by atoms with Gasteiger partial charge in [0.2, 0.25) is 5.88 Å². The van der Waals surface area contributed by atoms with Gasteiger partial charge in [0.05, 0.1) is 23.7 Å². The van der Waals surface area contributed by atoms with Crippen molar-refractivity contribution < 1.29 is 27.4 Å². The highest BCUT2D eigenvalue weighted by Crippen LogP contribution is 2.38. The average molecular weight is 448 g/mol. The Morgan fingerprint density at radius 3 is 2.47 bits per heavy atom. The molecule has 2 aromatic rings. The Morgan fingerprint density at radius 1 is 1.03 bits per heavy atom. The molecule has 170 valence electrons. The largest absolute Gasteiger partial charge is 0.472 e. The number of amides is 1. The van der Waals surface area contributed by atoms with Crippen molar-refractivity contribution in [3.05, 3.63) is 47.9 Å². The monoisotopic (exact) mass is 448 g/mol. The van der Waals surface area contributed by atoms with E-state index >= 15 is 0 Å². The van der Waals surface area contributed by atoms with Gasteiger partial charge >= 0.3 is 12.3 Å². The van der Waals surface area contributed by atoms with E-state index in [1.165, 1.54) is 12.8 Å². The van der Waals surface area contributed by atoms with Crippen LogP contribution in [-0.4, -0.2) is 64.2 Å². The van der Waals surface area contributed by atoms with Crippen LogP contribution < -0.4 is 9.47 Å². The minimum absolute atomic E-state index is 0.0352. The van der Waals surface area contributed by atoms with Crippen LogP contribution >= 0.6 is 0 Å². The molecule has 1 aliphatic carbocycles. The molecule has 2 saturated heterocycles. The maximum atomic E-state index is 12.7. The summed E-state index contributed by atoms with van der Waals surface area (Å²) < 4.78 is 49.3. The van der Waals surface area contributed by atoms with E-state index in [1.807, 2.05) is 0 Å². The maximum Gasteiger partial charge on any atom is 0.416 e. The van der Waals surface area contributed by atoms with Crippen LogP contribution in [0.3, 0.4) is 0 Å². The van der Waals surface area contributed by atoms with Gasteiger partial charge in [-0.1, -0.05) is 0 Å². The lowest BCUT2D eigenvalue weighted by atomic mass is 10.1. The van der Waals surface area contributed by atoms with Gasteiger partial charge in [0.15, 0.2) is 0 Å². The molecule has 3 aliphatic rings. The third-order valence-corrected chi connectivity index (χ3v) is 6.15. The highest BCUT2D eigenvalue weighted by atomic mass is 19.4. The summed E-state index contributed by atoms with van der Waals surface area (Å²) in [6, 6.07) is 4.25. The summed E-state index contributed by atoms with van der Waals surface area (Å²) in [6.45, 7) is 2.39. The Morgan fingerprint density at radius 2 is 1.81 bits per heavy atom. The zero-order valence-electron chi connectivity index (χ0n) is 17.3. The van der Waals surface area contributed by atoms with Crippen LogP contribution in [0, 0.1) is 0 Å². The zero-order valence-corrected chi connectivity index (χ0v) is 17.3. The molecular formula is C22H23F3N4O3. The van der Waals surface area contributed by atoms with Gasteiger partial charge in [-0.3, -0.25) is 9.88 Å². The molecule has 3 heterocycles.